The summed E-state index contributed by atoms with van der Waals surface area (Å²) in [6.45, 7) is 9.41. The maximum atomic E-state index is 11.3. The molecule has 8 heteroatoms. The van der Waals surface area contributed by atoms with Crippen molar-refractivity contribution in [3.63, 3.8) is 0 Å². The van der Waals surface area contributed by atoms with Crippen LogP contribution < -0.4 is 4.72 Å². The normalized spacial score (nSPS) is 24.7. The van der Waals surface area contributed by atoms with Gasteiger partial charge in [0.05, 0.1) is 29.8 Å². The Morgan fingerprint density at radius 2 is 2.20 bits per heavy atom. The van der Waals surface area contributed by atoms with Gasteiger partial charge >= 0.3 is 0 Å². The molecular weight excluding hydrogens is 340 g/mol. The number of sulfonamides is 1. The predicted molar refractivity (Wildman–Crippen MR) is 96.6 cm³/mol. The summed E-state index contributed by atoms with van der Waals surface area (Å²) in [5.41, 5.74) is 1.95. The van der Waals surface area contributed by atoms with E-state index in [0.29, 0.717) is 5.92 Å². The van der Waals surface area contributed by atoms with Gasteiger partial charge in [0.25, 0.3) is 0 Å². The van der Waals surface area contributed by atoms with Crippen LogP contribution in [0, 0.1) is 5.92 Å². The minimum atomic E-state index is -3.19. The van der Waals surface area contributed by atoms with Crippen molar-refractivity contribution >= 4 is 10.0 Å². The Morgan fingerprint density at radius 1 is 1.40 bits per heavy atom. The van der Waals surface area contributed by atoms with Crippen molar-refractivity contribution in [1.82, 2.24) is 19.4 Å². The van der Waals surface area contributed by atoms with E-state index in [9.17, 15) is 8.42 Å². The van der Waals surface area contributed by atoms with Gasteiger partial charge in [-0.2, -0.15) is 5.10 Å². The van der Waals surface area contributed by atoms with Gasteiger partial charge in [0.15, 0.2) is 0 Å². The molecule has 1 atom stereocenters. The van der Waals surface area contributed by atoms with E-state index in [1.165, 1.54) is 11.9 Å². The van der Waals surface area contributed by atoms with Crippen molar-refractivity contribution in [2.75, 3.05) is 26.0 Å². The van der Waals surface area contributed by atoms with Gasteiger partial charge in [0.1, 0.15) is 0 Å². The quantitative estimate of drug-likeness (QED) is 0.846. The van der Waals surface area contributed by atoms with Crippen LogP contribution in [0.3, 0.4) is 0 Å². The van der Waals surface area contributed by atoms with Crippen LogP contribution in [-0.4, -0.2) is 54.7 Å². The molecule has 1 aromatic rings. The number of nitrogens with zero attached hydrogens (tertiary/aromatic N) is 3. The SMILES string of the molecule is CC1(C)C[C@@H](CN2CCCn3nc(CNS(C)(=O)=O)cc3C2)CCO1. The lowest BCUT2D eigenvalue weighted by Gasteiger charge is -2.37. The molecule has 0 aliphatic carbocycles. The maximum absolute atomic E-state index is 11.3. The van der Waals surface area contributed by atoms with Gasteiger partial charge < -0.3 is 4.74 Å². The van der Waals surface area contributed by atoms with E-state index >= 15 is 0 Å². The van der Waals surface area contributed by atoms with Crippen LogP contribution in [0.15, 0.2) is 6.07 Å². The second-order valence-electron chi connectivity index (χ2n) is 8.00. The fourth-order valence-electron chi connectivity index (χ4n) is 3.91. The predicted octanol–water partition coefficient (Wildman–Crippen LogP) is 1.34. The number of fused-ring (bicyclic) bond motifs is 1. The molecule has 1 N–H and O–H groups in total. The monoisotopic (exact) mass is 370 g/mol. The van der Waals surface area contributed by atoms with E-state index in [1.54, 1.807) is 0 Å². The van der Waals surface area contributed by atoms with Crippen LogP contribution >= 0.6 is 0 Å². The first-order valence-corrected chi connectivity index (χ1v) is 11.0. The van der Waals surface area contributed by atoms with Gasteiger partial charge in [-0.1, -0.05) is 0 Å². The van der Waals surface area contributed by atoms with Crippen molar-refractivity contribution < 1.29 is 13.2 Å². The summed E-state index contributed by atoms with van der Waals surface area (Å²) in [7, 11) is -3.19. The van der Waals surface area contributed by atoms with Crippen molar-refractivity contribution in [3.05, 3.63) is 17.5 Å². The van der Waals surface area contributed by atoms with Crippen LogP contribution in [0.4, 0.5) is 0 Å². The third-order valence-corrected chi connectivity index (χ3v) is 5.64. The van der Waals surface area contributed by atoms with E-state index in [0.717, 1.165) is 57.7 Å². The molecular formula is C17H30N4O3S. The highest BCUT2D eigenvalue weighted by atomic mass is 32.2. The van der Waals surface area contributed by atoms with E-state index < -0.39 is 10.0 Å². The summed E-state index contributed by atoms with van der Waals surface area (Å²) >= 11 is 0. The number of ether oxygens (including phenoxy) is 1. The third-order valence-electron chi connectivity index (χ3n) is 4.97. The highest BCUT2D eigenvalue weighted by Gasteiger charge is 2.30. The first-order valence-electron chi connectivity index (χ1n) is 9.07. The Labute approximate surface area is 150 Å². The van der Waals surface area contributed by atoms with Crippen molar-refractivity contribution in [3.8, 4) is 0 Å². The van der Waals surface area contributed by atoms with Crippen LogP contribution in [0.5, 0.6) is 0 Å². The molecule has 1 aromatic heterocycles. The highest BCUT2D eigenvalue weighted by Crippen LogP contribution is 2.29. The second kappa shape index (κ2) is 7.34. The Morgan fingerprint density at radius 3 is 2.92 bits per heavy atom. The summed E-state index contributed by atoms with van der Waals surface area (Å²) in [5, 5.41) is 4.56. The fraction of sp³-hybridized carbons (Fsp3) is 0.824. The summed E-state index contributed by atoms with van der Waals surface area (Å²) in [6, 6.07) is 2.03. The summed E-state index contributed by atoms with van der Waals surface area (Å²) in [5.74, 6) is 0.671. The number of hydrogen-bond acceptors (Lipinski definition) is 5. The number of rotatable bonds is 5. The maximum Gasteiger partial charge on any atom is 0.209 e. The van der Waals surface area contributed by atoms with E-state index in [2.05, 4.69) is 28.6 Å². The number of aromatic nitrogens is 2. The molecule has 7 nitrogen and oxygen atoms in total. The van der Waals surface area contributed by atoms with Crippen LogP contribution in [0.2, 0.25) is 0 Å². The molecule has 1 fully saturated rings. The van der Waals surface area contributed by atoms with E-state index in [-0.39, 0.29) is 12.1 Å². The Balaban J connectivity index is 1.61. The molecule has 0 unspecified atom stereocenters. The summed E-state index contributed by atoms with van der Waals surface area (Å²) < 4.78 is 32.9. The molecule has 3 heterocycles. The molecule has 0 amide bonds. The zero-order valence-electron chi connectivity index (χ0n) is 15.5. The smallest absolute Gasteiger partial charge is 0.209 e. The molecule has 0 radical (unpaired) electrons. The zero-order valence-corrected chi connectivity index (χ0v) is 16.3. The molecule has 25 heavy (non-hydrogen) atoms. The lowest BCUT2D eigenvalue weighted by atomic mass is 9.88. The van der Waals surface area contributed by atoms with Crippen LogP contribution in [-0.2, 0) is 34.4 Å². The summed E-state index contributed by atoms with van der Waals surface area (Å²) in [6.07, 6.45) is 4.47. The Kier molecular flexibility index (Phi) is 5.53. The molecule has 0 spiro atoms. The largest absolute Gasteiger partial charge is 0.376 e. The van der Waals surface area contributed by atoms with E-state index in [4.69, 9.17) is 4.74 Å². The summed E-state index contributed by atoms with van der Waals surface area (Å²) in [4.78, 5) is 2.51. The molecule has 1 saturated heterocycles. The van der Waals surface area contributed by atoms with Crippen molar-refractivity contribution in [1.29, 1.82) is 0 Å². The van der Waals surface area contributed by atoms with Gasteiger partial charge in [-0.05, 0) is 45.1 Å². The lowest BCUT2D eigenvalue weighted by Crippen LogP contribution is -2.39. The first-order chi connectivity index (χ1) is 11.7. The minimum absolute atomic E-state index is 0.0129. The van der Waals surface area contributed by atoms with Gasteiger partial charge in [-0.15, -0.1) is 0 Å². The van der Waals surface area contributed by atoms with E-state index in [1.807, 2.05) is 10.7 Å². The third kappa shape index (κ3) is 5.51. The van der Waals surface area contributed by atoms with Gasteiger partial charge in [-0.3, -0.25) is 9.58 Å². The molecule has 0 saturated carbocycles. The highest BCUT2D eigenvalue weighted by molar-refractivity contribution is 7.88. The lowest BCUT2D eigenvalue weighted by molar-refractivity contribution is -0.0770. The number of aryl methyl sites for hydroxylation is 1. The first kappa shape index (κ1) is 18.8. The number of hydrogen-bond donors (Lipinski definition) is 1. The molecule has 3 rings (SSSR count). The zero-order chi connectivity index (χ0) is 18.1. The average Bonchev–Trinajstić information content (AvgIpc) is 2.76. The molecule has 2 aliphatic rings. The Hall–Kier alpha value is -0.960. The molecule has 0 aromatic carbocycles. The fourth-order valence-corrected chi connectivity index (χ4v) is 4.32. The van der Waals surface area contributed by atoms with Gasteiger partial charge in [-0.25, -0.2) is 13.1 Å². The topological polar surface area (TPSA) is 76.5 Å². The van der Waals surface area contributed by atoms with Crippen LogP contribution in [0.1, 0.15) is 44.5 Å². The molecule has 0 bridgehead atoms. The standard InChI is InChI=1S/C17H30N4O3S/c1-17(2)10-14(5-8-24-17)12-20-6-4-7-21-16(13-20)9-15(19-21)11-18-25(3,22)23/h9,14,18H,4-8,10-13H2,1-3H3/t14-/m0/s1. The molecule has 2 aliphatic heterocycles. The second-order valence-corrected chi connectivity index (χ2v) is 9.83. The molecule has 142 valence electrons. The minimum Gasteiger partial charge on any atom is -0.376 e. The van der Waals surface area contributed by atoms with Gasteiger partial charge in [0, 0.05) is 32.8 Å². The average molecular weight is 371 g/mol. The van der Waals surface area contributed by atoms with Crippen molar-refractivity contribution in [2.24, 2.45) is 5.92 Å². The number of nitrogens with one attached hydrogen (secondary N) is 1. The van der Waals surface area contributed by atoms with Crippen molar-refractivity contribution in [2.45, 2.75) is 58.3 Å². The van der Waals surface area contributed by atoms with Gasteiger partial charge in [0.2, 0.25) is 10.0 Å². The van der Waals surface area contributed by atoms with Crippen LogP contribution in [0.25, 0.3) is 0 Å². The Bertz CT molecular complexity index is 699.